The van der Waals surface area contributed by atoms with Gasteiger partial charge in [0.05, 0.1) is 8.95 Å². The van der Waals surface area contributed by atoms with Gasteiger partial charge in [0.2, 0.25) is 0 Å². The lowest BCUT2D eigenvalue weighted by molar-refractivity contribution is 0.142. The van der Waals surface area contributed by atoms with Gasteiger partial charge in [0.15, 0.2) is 11.5 Å². The van der Waals surface area contributed by atoms with Crippen molar-refractivity contribution in [2.24, 2.45) is 0 Å². The van der Waals surface area contributed by atoms with Crippen molar-refractivity contribution >= 4 is 53.9 Å². The van der Waals surface area contributed by atoms with Crippen molar-refractivity contribution in [1.29, 1.82) is 0 Å². The average molecular weight is 489 g/mol. The summed E-state index contributed by atoms with van der Waals surface area (Å²) >= 11 is 9.99. The maximum Gasteiger partial charge on any atom is 0.511 e. The Balaban J connectivity index is 3.01. The summed E-state index contributed by atoms with van der Waals surface area (Å²) in [5, 5.41) is 18.9. The summed E-state index contributed by atoms with van der Waals surface area (Å²) in [7, 11) is 0. The van der Waals surface area contributed by atoms with E-state index in [1.165, 1.54) is 12.8 Å². The van der Waals surface area contributed by atoms with Crippen molar-refractivity contribution in [3.63, 3.8) is 0 Å². The number of hydrogen-bond donors (Lipinski definition) is 2. The summed E-state index contributed by atoms with van der Waals surface area (Å²) in [5.41, 5.74) is 0.654. The molecule has 0 bridgehead atoms. The van der Waals surface area contributed by atoms with Gasteiger partial charge in [-0.25, -0.2) is 4.79 Å². The molecule has 1 aromatic carbocycles. The molecule has 0 radical (unpaired) electrons. The van der Waals surface area contributed by atoms with Gasteiger partial charge in [0.25, 0.3) is 0 Å². The molecule has 7 heteroatoms. The Hall–Kier alpha value is -0.270. The molecule has 0 fully saturated rings. The number of halogens is 3. The summed E-state index contributed by atoms with van der Waals surface area (Å²) in [4.78, 5) is 10.8. The average Bonchev–Trinajstić information content (AvgIpc) is 2.44. The van der Waals surface area contributed by atoms with Crippen LogP contribution in [0.5, 0.6) is 11.5 Å². The van der Waals surface area contributed by atoms with Crippen molar-refractivity contribution in [1.82, 2.24) is 0 Å². The number of aromatic hydroxyl groups is 1. The first-order valence-electron chi connectivity index (χ1n) is 6.69. The zero-order chi connectivity index (χ0) is 16.0. The lowest BCUT2D eigenvalue weighted by Crippen LogP contribution is -2.07. The van der Waals surface area contributed by atoms with Crippen LogP contribution < -0.4 is 4.74 Å². The van der Waals surface area contributed by atoms with Gasteiger partial charge >= 0.3 is 6.16 Å². The minimum atomic E-state index is -1.45. The largest absolute Gasteiger partial charge is 0.511 e. The van der Waals surface area contributed by atoms with Gasteiger partial charge in [-0.05, 0) is 60.6 Å². The molecule has 0 aliphatic rings. The van der Waals surface area contributed by atoms with Crippen molar-refractivity contribution in [2.75, 3.05) is 0 Å². The molecule has 0 aliphatic carbocycles. The highest BCUT2D eigenvalue weighted by atomic mass is 79.9. The molecule has 1 aromatic rings. The molecule has 0 unspecified atom stereocenters. The van der Waals surface area contributed by atoms with Crippen LogP contribution in [0, 0.1) is 0 Å². The van der Waals surface area contributed by atoms with E-state index in [1.807, 2.05) is 0 Å². The Morgan fingerprint density at radius 2 is 1.67 bits per heavy atom. The lowest BCUT2D eigenvalue weighted by Gasteiger charge is -2.15. The molecular formula is C14H17Br3O4. The molecule has 0 aromatic heterocycles. The first kappa shape index (κ1) is 18.8. The molecule has 0 spiro atoms. The lowest BCUT2D eigenvalue weighted by atomic mass is 10.0. The third-order valence-corrected chi connectivity index (χ3v) is 6.57. The maximum absolute atomic E-state index is 10.8. The van der Waals surface area contributed by atoms with Crippen LogP contribution in [0.1, 0.15) is 44.6 Å². The zero-order valence-electron chi connectivity index (χ0n) is 11.6. The van der Waals surface area contributed by atoms with Crippen LogP contribution in [0.2, 0.25) is 0 Å². The van der Waals surface area contributed by atoms with Crippen molar-refractivity contribution in [3.8, 4) is 11.5 Å². The fourth-order valence-corrected chi connectivity index (χ4v) is 3.65. The monoisotopic (exact) mass is 486 g/mol. The second-order valence-corrected chi connectivity index (χ2v) is 7.01. The predicted molar refractivity (Wildman–Crippen MR) is 92.3 cm³/mol. The topological polar surface area (TPSA) is 66.8 Å². The number of hydrogen-bond acceptors (Lipinski definition) is 3. The van der Waals surface area contributed by atoms with Crippen molar-refractivity contribution in [3.05, 3.63) is 19.0 Å². The Kier molecular flexibility index (Phi) is 8.05. The minimum Gasteiger partial charge on any atom is -0.503 e. The fraction of sp³-hybridized carbons (Fsp3) is 0.500. The molecule has 4 nitrogen and oxygen atoms in total. The SMILES string of the molecule is CCCCCCCc1c(Br)c(Br)c(Br)c(O)c1OC(=O)O. The quantitative estimate of drug-likeness (QED) is 0.206. The molecule has 0 aliphatic heterocycles. The summed E-state index contributed by atoms with van der Waals surface area (Å²) in [6, 6.07) is 0. The smallest absolute Gasteiger partial charge is 0.503 e. The van der Waals surface area contributed by atoms with E-state index in [0.717, 1.165) is 19.3 Å². The van der Waals surface area contributed by atoms with E-state index >= 15 is 0 Å². The number of rotatable bonds is 7. The van der Waals surface area contributed by atoms with E-state index in [2.05, 4.69) is 54.7 Å². The van der Waals surface area contributed by atoms with Crippen LogP contribution in [0.3, 0.4) is 0 Å². The van der Waals surface area contributed by atoms with Crippen molar-refractivity contribution in [2.45, 2.75) is 45.4 Å². The van der Waals surface area contributed by atoms with Crippen LogP contribution in [0.25, 0.3) is 0 Å². The number of phenolic OH excluding ortho intramolecular Hbond substituents is 1. The highest BCUT2D eigenvalue weighted by molar-refractivity contribution is 9.14. The number of carbonyl (C=O) groups is 1. The van der Waals surface area contributed by atoms with Gasteiger partial charge < -0.3 is 14.9 Å². The molecule has 118 valence electrons. The normalized spacial score (nSPS) is 10.7. The van der Waals surface area contributed by atoms with E-state index < -0.39 is 6.16 Å². The van der Waals surface area contributed by atoms with Crippen molar-refractivity contribution < 1.29 is 19.7 Å². The molecule has 1 rings (SSSR count). The highest BCUT2D eigenvalue weighted by Crippen LogP contribution is 2.48. The number of benzene rings is 1. The number of unbranched alkanes of at least 4 members (excludes halogenated alkanes) is 4. The third kappa shape index (κ3) is 5.14. The van der Waals surface area contributed by atoms with Crippen LogP contribution in [0.15, 0.2) is 13.4 Å². The second-order valence-electron chi connectivity index (χ2n) is 4.63. The van der Waals surface area contributed by atoms with Gasteiger partial charge in [-0.1, -0.05) is 32.6 Å². The molecule has 0 saturated carbocycles. The molecule has 21 heavy (non-hydrogen) atoms. The molecule has 0 heterocycles. The van der Waals surface area contributed by atoms with E-state index in [4.69, 9.17) is 9.84 Å². The van der Waals surface area contributed by atoms with Crippen LogP contribution in [0.4, 0.5) is 4.79 Å². The molecule has 2 N–H and O–H groups in total. The third-order valence-electron chi connectivity index (χ3n) is 3.07. The summed E-state index contributed by atoms with van der Waals surface area (Å²) in [6.45, 7) is 2.15. The predicted octanol–water partition coefficient (Wildman–Crippen LogP) is 6.25. The number of carboxylic acid groups (broad SMARTS) is 1. The zero-order valence-corrected chi connectivity index (χ0v) is 16.3. The van der Waals surface area contributed by atoms with E-state index in [9.17, 15) is 9.90 Å². The van der Waals surface area contributed by atoms with Gasteiger partial charge in [0.1, 0.15) is 0 Å². The highest BCUT2D eigenvalue weighted by Gasteiger charge is 2.23. The Morgan fingerprint density at radius 1 is 1.05 bits per heavy atom. The molecular weight excluding hydrogens is 472 g/mol. The Morgan fingerprint density at radius 3 is 2.24 bits per heavy atom. The summed E-state index contributed by atoms with van der Waals surface area (Å²) in [5.74, 6) is -0.226. The Labute approximate surface area is 149 Å². The van der Waals surface area contributed by atoms with E-state index in [1.54, 1.807) is 0 Å². The van der Waals surface area contributed by atoms with Gasteiger partial charge in [-0.2, -0.15) is 0 Å². The first-order valence-corrected chi connectivity index (χ1v) is 9.07. The molecule has 0 amide bonds. The fourth-order valence-electron chi connectivity index (χ4n) is 2.00. The van der Waals surface area contributed by atoms with E-state index in [-0.39, 0.29) is 11.5 Å². The van der Waals surface area contributed by atoms with Gasteiger partial charge in [0, 0.05) is 10.0 Å². The van der Waals surface area contributed by atoms with Crippen LogP contribution in [-0.2, 0) is 6.42 Å². The Bertz CT molecular complexity index is 518. The number of ether oxygens (including phenoxy) is 1. The number of phenols is 1. The van der Waals surface area contributed by atoms with E-state index in [0.29, 0.717) is 25.4 Å². The van der Waals surface area contributed by atoms with Gasteiger partial charge in [-0.15, -0.1) is 0 Å². The maximum atomic E-state index is 10.8. The van der Waals surface area contributed by atoms with Gasteiger partial charge in [-0.3, -0.25) is 0 Å². The summed E-state index contributed by atoms with van der Waals surface area (Å²) in [6.07, 6.45) is 4.65. The molecule has 0 saturated heterocycles. The first-order chi connectivity index (χ1) is 9.90. The molecule has 0 atom stereocenters. The second kappa shape index (κ2) is 9.00. The van der Waals surface area contributed by atoms with Crippen LogP contribution in [-0.4, -0.2) is 16.4 Å². The standard InChI is InChI=1S/C14H17Br3O4/c1-2-3-4-5-6-7-8-9(15)10(16)11(17)12(18)13(8)21-14(19)20/h18H,2-7H2,1H3,(H,19,20). The minimum absolute atomic E-state index is 0.0139. The summed E-state index contributed by atoms with van der Waals surface area (Å²) < 4.78 is 6.45. The van der Waals surface area contributed by atoms with Crippen LogP contribution >= 0.6 is 47.8 Å².